The molecule has 1 saturated carbocycles. The van der Waals surface area contributed by atoms with Crippen LogP contribution in [-0.2, 0) is 19.2 Å². The lowest BCUT2D eigenvalue weighted by Gasteiger charge is -2.22. The third-order valence-corrected chi connectivity index (χ3v) is 4.24. The third-order valence-electron chi connectivity index (χ3n) is 4.24. The number of fused-ring (bicyclic) bond motifs is 1. The monoisotopic (exact) mass is 280 g/mol. The van der Waals surface area contributed by atoms with Crippen molar-refractivity contribution in [3.8, 4) is 0 Å². The molecule has 1 heterocycles. The van der Waals surface area contributed by atoms with Gasteiger partial charge in [0.15, 0.2) is 0 Å². The Labute approximate surface area is 118 Å². The predicted molar refractivity (Wildman–Crippen MR) is 70.5 cm³/mol. The van der Waals surface area contributed by atoms with Crippen LogP contribution in [-0.4, -0.2) is 52.9 Å². The number of ketones is 1. The highest BCUT2D eigenvalue weighted by Crippen LogP contribution is 2.36. The normalized spacial score (nSPS) is 25.9. The number of amides is 3. The van der Waals surface area contributed by atoms with E-state index in [0.717, 1.165) is 4.90 Å². The number of likely N-dealkylation sites (N-methyl/N-ethyl adjacent to an activating group) is 1. The number of imide groups is 1. The second-order valence-electron chi connectivity index (χ2n) is 5.32. The molecule has 2 atom stereocenters. The summed E-state index contributed by atoms with van der Waals surface area (Å²) in [5, 5.41) is 0. The molecular weight excluding hydrogens is 260 g/mol. The molecule has 1 saturated heterocycles. The van der Waals surface area contributed by atoms with Crippen LogP contribution in [0.4, 0.5) is 0 Å². The number of hydrogen-bond donors (Lipinski definition) is 0. The van der Waals surface area contributed by atoms with E-state index in [2.05, 4.69) is 0 Å². The first-order valence-corrected chi connectivity index (χ1v) is 7.14. The zero-order valence-electron chi connectivity index (χ0n) is 11.9. The van der Waals surface area contributed by atoms with Gasteiger partial charge in [-0.2, -0.15) is 0 Å². The van der Waals surface area contributed by atoms with E-state index in [1.165, 1.54) is 0 Å². The molecule has 0 aromatic rings. The van der Waals surface area contributed by atoms with Crippen LogP contribution >= 0.6 is 0 Å². The molecule has 1 aliphatic carbocycles. The van der Waals surface area contributed by atoms with E-state index in [4.69, 9.17) is 0 Å². The standard InChI is InChI=1S/C14H20N2O4/c1-3-15(4-2)12(18)8-16-13(19)10-6-5-9(17)7-11(10)14(16)20/h10-11H,3-8H2,1-2H3/t10-,11+/m1/s1. The van der Waals surface area contributed by atoms with Gasteiger partial charge in [0, 0.05) is 25.9 Å². The molecule has 0 spiro atoms. The van der Waals surface area contributed by atoms with Crippen LogP contribution in [0.3, 0.4) is 0 Å². The SMILES string of the molecule is CCN(CC)C(=O)CN1C(=O)[C@H]2CC(=O)CC[C@H]2C1=O. The van der Waals surface area contributed by atoms with Gasteiger partial charge in [0.05, 0.1) is 11.8 Å². The smallest absolute Gasteiger partial charge is 0.242 e. The van der Waals surface area contributed by atoms with E-state index in [-0.39, 0.29) is 36.5 Å². The lowest BCUT2D eigenvalue weighted by molar-refractivity contribution is -0.146. The molecule has 2 fully saturated rings. The van der Waals surface area contributed by atoms with E-state index < -0.39 is 11.8 Å². The van der Waals surface area contributed by atoms with E-state index >= 15 is 0 Å². The minimum absolute atomic E-state index is 0.0318. The largest absolute Gasteiger partial charge is 0.342 e. The van der Waals surface area contributed by atoms with Crippen molar-refractivity contribution in [2.24, 2.45) is 11.8 Å². The van der Waals surface area contributed by atoms with Gasteiger partial charge in [-0.25, -0.2) is 0 Å². The van der Waals surface area contributed by atoms with E-state index in [1.54, 1.807) is 4.90 Å². The zero-order valence-corrected chi connectivity index (χ0v) is 11.9. The highest BCUT2D eigenvalue weighted by Gasteiger charge is 2.50. The zero-order chi connectivity index (χ0) is 14.9. The predicted octanol–water partition coefficient (Wildman–Crippen LogP) is 0.209. The van der Waals surface area contributed by atoms with Gasteiger partial charge in [-0.15, -0.1) is 0 Å². The Kier molecular flexibility index (Phi) is 4.20. The Bertz CT molecular complexity index is 456. The van der Waals surface area contributed by atoms with Crippen molar-refractivity contribution >= 4 is 23.5 Å². The Morgan fingerprint density at radius 3 is 2.35 bits per heavy atom. The number of carbonyl (C=O) groups excluding carboxylic acids is 4. The van der Waals surface area contributed by atoms with Gasteiger partial charge >= 0.3 is 0 Å². The summed E-state index contributed by atoms with van der Waals surface area (Å²) < 4.78 is 0. The number of carbonyl (C=O) groups is 4. The van der Waals surface area contributed by atoms with Crippen molar-refractivity contribution in [2.75, 3.05) is 19.6 Å². The number of hydrogen-bond acceptors (Lipinski definition) is 4. The van der Waals surface area contributed by atoms with Gasteiger partial charge in [0.2, 0.25) is 17.7 Å². The summed E-state index contributed by atoms with van der Waals surface area (Å²) in [5.41, 5.74) is 0. The molecule has 6 nitrogen and oxygen atoms in total. The van der Waals surface area contributed by atoms with Crippen molar-refractivity contribution in [1.29, 1.82) is 0 Å². The summed E-state index contributed by atoms with van der Waals surface area (Å²) in [6.45, 7) is 4.62. The maximum Gasteiger partial charge on any atom is 0.242 e. The topological polar surface area (TPSA) is 74.8 Å². The molecule has 0 unspecified atom stereocenters. The molecule has 1 aliphatic heterocycles. The summed E-state index contributed by atoms with van der Waals surface area (Å²) in [7, 11) is 0. The lowest BCUT2D eigenvalue weighted by Crippen LogP contribution is -2.43. The van der Waals surface area contributed by atoms with E-state index in [0.29, 0.717) is 25.9 Å². The number of Topliss-reactive ketones (excluding diaryl/α,β-unsaturated/α-hetero) is 1. The molecule has 0 N–H and O–H groups in total. The molecule has 2 rings (SSSR count). The molecule has 0 aromatic carbocycles. The second kappa shape index (κ2) is 5.73. The minimum Gasteiger partial charge on any atom is -0.342 e. The molecular formula is C14H20N2O4. The Hall–Kier alpha value is -1.72. The van der Waals surface area contributed by atoms with Crippen LogP contribution < -0.4 is 0 Å². The first kappa shape index (κ1) is 14.7. The van der Waals surface area contributed by atoms with Crippen LogP contribution in [0.15, 0.2) is 0 Å². The molecule has 0 aromatic heterocycles. The van der Waals surface area contributed by atoms with Crippen LogP contribution in [0.5, 0.6) is 0 Å². The van der Waals surface area contributed by atoms with Gasteiger partial charge in [0.25, 0.3) is 0 Å². The van der Waals surface area contributed by atoms with Gasteiger partial charge in [-0.3, -0.25) is 24.1 Å². The van der Waals surface area contributed by atoms with Gasteiger partial charge in [0.1, 0.15) is 12.3 Å². The quantitative estimate of drug-likeness (QED) is 0.690. The van der Waals surface area contributed by atoms with Gasteiger partial charge in [-0.1, -0.05) is 0 Å². The third kappa shape index (κ3) is 2.46. The van der Waals surface area contributed by atoms with Crippen molar-refractivity contribution in [3.05, 3.63) is 0 Å². The summed E-state index contributed by atoms with van der Waals surface area (Å²) in [5.74, 6) is -1.76. The Morgan fingerprint density at radius 1 is 1.15 bits per heavy atom. The van der Waals surface area contributed by atoms with Crippen LogP contribution in [0.1, 0.15) is 33.1 Å². The molecule has 0 bridgehead atoms. The fourth-order valence-electron chi connectivity index (χ4n) is 3.04. The Balaban J connectivity index is 2.09. The molecule has 3 amide bonds. The summed E-state index contributed by atoms with van der Waals surface area (Å²) in [6, 6.07) is 0. The fraction of sp³-hybridized carbons (Fsp3) is 0.714. The van der Waals surface area contributed by atoms with E-state index in [9.17, 15) is 19.2 Å². The lowest BCUT2D eigenvalue weighted by atomic mass is 9.80. The molecule has 110 valence electrons. The molecule has 20 heavy (non-hydrogen) atoms. The maximum atomic E-state index is 12.2. The van der Waals surface area contributed by atoms with Crippen LogP contribution in [0, 0.1) is 11.8 Å². The fourth-order valence-corrected chi connectivity index (χ4v) is 3.04. The average Bonchev–Trinajstić information content (AvgIpc) is 2.65. The van der Waals surface area contributed by atoms with Crippen molar-refractivity contribution in [3.63, 3.8) is 0 Å². The molecule has 6 heteroatoms. The van der Waals surface area contributed by atoms with Crippen molar-refractivity contribution in [2.45, 2.75) is 33.1 Å². The van der Waals surface area contributed by atoms with Gasteiger partial charge in [-0.05, 0) is 20.3 Å². The Morgan fingerprint density at radius 2 is 1.75 bits per heavy atom. The molecule has 2 aliphatic rings. The van der Waals surface area contributed by atoms with Crippen molar-refractivity contribution < 1.29 is 19.2 Å². The van der Waals surface area contributed by atoms with Gasteiger partial charge < -0.3 is 4.90 Å². The average molecular weight is 280 g/mol. The highest BCUT2D eigenvalue weighted by molar-refractivity contribution is 6.09. The maximum absolute atomic E-state index is 12.2. The number of nitrogens with zero attached hydrogens (tertiary/aromatic N) is 2. The second-order valence-corrected chi connectivity index (χ2v) is 5.32. The summed E-state index contributed by atoms with van der Waals surface area (Å²) in [6.07, 6.45) is 0.938. The van der Waals surface area contributed by atoms with Crippen LogP contribution in [0.2, 0.25) is 0 Å². The summed E-state index contributed by atoms with van der Waals surface area (Å²) in [4.78, 5) is 50.5. The first-order valence-electron chi connectivity index (χ1n) is 7.14. The minimum atomic E-state index is -0.534. The number of rotatable bonds is 4. The number of likely N-dealkylation sites (tertiary alicyclic amines) is 1. The first-order chi connectivity index (χ1) is 9.49. The van der Waals surface area contributed by atoms with Crippen LogP contribution in [0.25, 0.3) is 0 Å². The van der Waals surface area contributed by atoms with E-state index in [1.807, 2.05) is 13.8 Å². The highest BCUT2D eigenvalue weighted by atomic mass is 16.2. The molecule has 0 radical (unpaired) electrons. The van der Waals surface area contributed by atoms with Crippen molar-refractivity contribution in [1.82, 2.24) is 9.80 Å². The summed E-state index contributed by atoms with van der Waals surface area (Å²) >= 11 is 0.